The number of aryl methyl sites for hydroxylation is 3. The van der Waals surface area contributed by atoms with Crippen LogP contribution in [0.2, 0.25) is 0 Å². The second-order valence-electron chi connectivity index (χ2n) is 11.1. The Morgan fingerprint density at radius 2 is 1.55 bits per heavy atom. The summed E-state index contributed by atoms with van der Waals surface area (Å²) >= 11 is 0. The fraction of sp³-hybridized carbons (Fsp3) is 0.452. The number of ether oxygens (including phenoxy) is 1. The molecule has 3 amide bonds. The van der Waals surface area contributed by atoms with Crippen molar-refractivity contribution in [3.63, 3.8) is 0 Å². The van der Waals surface area contributed by atoms with Gasteiger partial charge in [0.05, 0.1) is 0 Å². The van der Waals surface area contributed by atoms with Gasteiger partial charge in [-0.2, -0.15) is 0 Å². The average molecular weight is 522 g/mol. The van der Waals surface area contributed by atoms with Crippen molar-refractivity contribution in [1.29, 1.82) is 0 Å². The van der Waals surface area contributed by atoms with Gasteiger partial charge < -0.3 is 20.3 Å². The predicted octanol–water partition coefficient (Wildman–Crippen LogP) is 6.25. The molecule has 2 aromatic rings. The Bertz CT molecular complexity index is 1130. The third-order valence-corrected chi connectivity index (χ3v) is 6.08. The smallest absolute Gasteiger partial charge is 0.408 e. The maximum absolute atomic E-state index is 14.1. The number of nitrogens with one attached hydrogen (secondary N) is 2. The molecule has 0 spiro atoms. The van der Waals surface area contributed by atoms with Crippen molar-refractivity contribution in [1.82, 2.24) is 10.2 Å². The molecule has 0 aromatic heterocycles. The Labute approximate surface area is 227 Å². The number of anilines is 1. The summed E-state index contributed by atoms with van der Waals surface area (Å²) in [6.07, 6.45) is 1.29. The topological polar surface area (TPSA) is 87.7 Å². The Hall–Kier alpha value is -3.61. The number of hydrogen-bond acceptors (Lipinski definition) is 4. The summed E-state index contributed by atoms with van der Waals surface area (Å²) in [5.74, 6) is -0.619. The SMILES string of the molecule is C=CCN(C(=O)C(CC(C)C)NC(=O)OC(C)(C)C)C(C(=O)Nc1c(C)cccc1C)c1ccccc1C. The molecule has 0 bridgehead atoms. The molecule has 2 atom stereocenters. The van der Waals surface area contributed by atoms with E-state index in [9.17, 15) is 14.4 Å². The van der Waals surface area contributed by atoms with Crippen LogP contribution >= 0.6 is 0 Å². The van der Waals surface area contributed by atoms with Crippen molar-refractivity contribution in [3.8, 4) is 0 Å². The molecule has 0 saturated heterocycles. The molecule has 2 rings (SSSR count). The van der Waals surface area contributed by atoms with E-state index in [1.165, 1.54) is 4.90 Å². The molecule has 2 aromatic carbocycles. The number of benzene rings is 2. The van der Waals surface area contributed by atoms with Gasteiger partial charge in [0.25, 0.3) is 5.91 Å². The highest BCUT2D eigenvalue weighted by atomic mass is 16.6. The second kappa shape index (κ2) is 13.3. The zero-order chi connectivity index (χ0) is 28.6. The second-order valence-corrected chi connectivity index (χ2v) is 11.1. The van der Waals surface area contributed by atoms with Gasteiger partial charge in [0.2, 0.25) is 5.91 Å². The summed E-state index contributed by atoms with van der Waals surface area (Å²) in [7, 11) is 0. The fourth-order valence-electron chi connectivity index (χ4n) is 4.35. The lowest BCUT2D eigenvalue weighted by atomic mass is 9.96. The Morgan fingerprint density at radius 1 is 0.974 bits per heavy atom. The predicted molar refractivity (Wildman–Crippen MR) is 153 cm³/mol. The minimum absolute atomic E-state index is 0.102. The number of nitrogens with zero attached hydrogens (tertiary/aromatic N) is 1. The molecule has 0 aliphatic carbocycles. The van der Waals surface area contributed by atoms with Gasteiger partial charge in [0.15, 0.2) is 0 Å². The lowest BCUT2D eigenvalue weighted by Gasteiger charge is -2.35. The lowest BCUT2D eigenvalue weighted by Crippen LogP contribution is -2.53. The highest BCUT2D eigenvalue weighted by Crippen LogP contribution is 2.29. The van der Waals surface area contributed by atoms with Gasteiger partial charge in [-0.1, -0.05) is 62.4 Å². The first-order chi connectivity index (χ1) is 17.7. The van der Waals surface area contributed by atoms with Gasteiger partial charge in [0.1, 0.15) is 17.7 Å². The van der Waals surface area contributed by atoms with Crippen LogP contribution in [-0.2, 0) is 14.3 Å². The first kappa shape index (κ1) is 30.6. The first-order valence-electron chi connectivity index (χ1n) is 13.1. The van der Waals surface area contributed by atoms with Gasteiger partial charge in [0, 0.05) is 12.2 Å². The van der Waals surface area contributed by atoms with Crippen LogP contribution in [0.15, 0.2) is 55.1 Å². The minimum Gasteiger partial charge on any atom is -0.444 e. The summed E-state index contributed by atoms with van der Waals surface area (Å²) in [4.78, 5) is 42.3. The van der Waals surface area contributed by atoms with Gasteiger partial charge in [-0.3, -0.25) is 9.59 Å². The van der Waals surface area contributed by atoms with E-state index in [1.807, 2.05) is 77.1 Å². The molecule has 0 radical (unpaired) electrons. The van der Waals surface area contributed by atoms with E-state index in [0.717, 1.165) is 16.7 Å². The van der Waals surface area contributed by atoms with Crippen molar-refractivity contribution in [2.24, 2.45) is 5.92 Å². The number of hydrogen-bond donors (Lipinski definition) is 2. The summed E-state index contributed by atoms with van der Waals surface area (Å²) in [5.41, 5.74) is 3.42. The lowest BCUT2D eigenvalue weighted by molar-refractivity contribution is -0.140. The first-order valence-corrected chi connectivity index (χ1v) is 13.1. The summed E-state index contributed by atoms with van der Waals surface area (Å²) in [6, 6.07) is 11.5. The molecule has 7 nitrogen and oxygen atoms in total. The number of carbonyl (C=O) groups is 3. The average Bonchev–Trinajstić information content (AvgIpc) is 2.80. The summed E-state index contributed by atoms with van der Waals surface area (Å²) in [6.45, 7) is 19.0. The third-order valence-electron chi connectivity index (χ3n) is 6.08. The standard InChI is InChI=1S/C31H43N3O4/c1-10-18-34(29(36)25(19-20(2)3)32-30(37)38-31(7,8)9)27(24-17-12-11-14-21(24)4)28(35)33-26-22(5)15-13-16-23(26)6/h10-17,20,25,27H,1,18-19H2,2-9H3,(H,32,37)(H,33,35). The number of para-hydroxylation sites is 1. The van der Waals surface area contributed by atoms with Crippen molar-refractivity contribution in [2.45, 2.75) is 79.5 Å². The highest BCUT2D eigenvalue weighted by Gasteiger charge is 2.37. The van der Waals surface area contributed by atoms with E-state index in [-0.39, 0.29) is 24.3 Å². The van der Waals surface area contributed by atoms with Gasteiger partial charge in [-0.25, -0.2) is 4.79 Å². The van der Waals surface area contributed by atoms with Crippen LogP contribution in [0.25, 0.3) is 0 Å². The van der Waals surface area contributed by atoms with Gasteiger partial charge in [-0.05, 0) is 76.1 Å². The van der Waals surface area contributed by atoms with Gasteiger partial charge >= 0.3 is 6.09 Å². The fourth-order valence-corrected chi connectivity index (χ4v) is 4.35. The molecule has 2 unspecified atom stereocenters. The van der Waals surface area contributed by atoms with E-state index < -0.39 is 23.8 Å². The Kier molecular flexibility index (Phi) is 10.7. The molecular formula is C31H43N3O4. The van der Waals surface area contributed by atoms with Crippen LogP contribution in [0.5, 0.6) is 0 Å². The third kappa shape index (κ3) is 8.47. The maximum Gasteiger partial charge on any atom is 0.408 e. The molecule has 7 heteroatoms. The van der Waals surface area contributed by atoms with E-state index >= 15 is 0 Å². The molecule has 0 heterocycles. The zero-order valence-corrected chi connectivity index (χ0v) is 24.1. The molecular weight excluding hydrogens is 478 g/mol. The van der Waals surface area contributed by atoms with Crippen LogP contribution in [-0.4, -0.2) is 41.0 Å². The van der Waals surface area contributed by atoms with Crippen LogP contribution in [0.1, 0.15) is 69.3 Å². The van der Waals surface area contributed by atoms with Crippen molar-refractivity contribution >= 4 is 23.6 Å². The maximum atomic E-state index is 14.1. The molecule has 0 saturated carbocycles. The molecule has 206 valence electrons. The van der Waals surface area contributed by atoms with Crippen LogP contribution in [0.4, 0.5) is 10.5 Å². The van der Waals surface area contributed by atoms with E-state index in [2.05, 4.69) is 17.2 Å². The summed E-state index contributed by atoms with van der Waals surface area (Å²) in [5, 5.41) is 5.82. The Morgan fingerprint density at radius 3 is 2.08 bits per heavy atom. The van der Waals surface area contributed by atoms with Crippen LogP contribution in [0, 0.1) is 26.7 Å². The number of carbonyl (C=O) groups excluding carboxylic acids is 3. The summed E-state index contributed by atoms with van der Waals surface area (Å²) < 4.78 is 5.44. The van der Waals surface area contributed by atoms with E-state index in [0.29, 0.717) is 17.7 Å². The highest BCUT2D eigenvalue weighted by molar-refractivity contribution is 6.00. The largest absolute Gasteiger partial charge is 0.444 e. The van der Waals surface area contributed by atoms with Crippen LogP contribution < -0.4 is 10.6 Å². The molecule has 0 fully saturated rings. The minimum atomic E-state index is -0.948. The monoisotopic (exact) mass is 521 g/mol. The van der Waals surface area contributed by atoms with Crippen molar-refractivity contribution in [2.75, 3.05) is 11.9 Å². The van der Waals surface area contributed by atoms with Crippen LogP contribution in [0.3, 0.4) is 0 Å². The van der Waals surface area contributed by atoms with E-state index in [1.54, 1.807) is 26.8 Å². The van der Waals surface area contributed by atoms with Crippen molar-refractivity contribution < 1.29 is 19.1 Å². The molecule has 0 aliphatic rings. The number of rotatable bonds is 10. The molecule has 0 aliphatic heterocycles. The number of alkyl carbamates (subject to hydrolysis) is 1. The normalized spacial score (nSPS) is 12.9. The Balaban J connectivity index is 2.56. The van der Waals surface area contributed by atoms with E-state index in [4.69, 9.17) is 4.74 Å². The number of amides is 3. The van der Waals surface area contributed by atoms with Gasteiger partial charge in [-0.15, -0.1) is 6.58 Å². The zero-order valence-electron chi connectivity index (χ0n) is 24.1. The molecule has 2 N–H and O–H groups in total. The molecule has 38 heavy (non-hydrogen) atoms. The quantitative estimate of drug-likeness (QED) is 0.362. The van der Waals surface area contributed by atoms with Crippen molar-refractivity contribution in [3.05, 3.63) is 77.4 Å².